The standard InChI is InChI=1S/C30H29NO/c1-2-23-30(26-19-11-5-12-20-26,27-21-13-6-14-22-27)29(32)31-28(24-15-7-3-8-16-24)25-17-9-4-10-18-25/h3-22,28H,2,23H2,1H3,(H,31,32). The minimum Gasteiger partial charge on any atom is -0.344 e. The van der Waals surface area contributed by atoms with Crippen molar-refractivity contribution in [1.29, 1.82) is 0 Å². The first-order chi connectivity index (χ1) is 15.8. The fourth-order valence-electron chi connectivity index (χ4n) is 4.56. The highest BCUT2D eigenvalue weighted by Crippen LogP contribution is 2.38. The van der Waals surface area contributed by atoms with Crippen LogP contribution in [0.4, 0.5) is 0 Å². The van der Waals surface area contributed by atoms with Gasteiger partial charge in [-0.1, -0.05) is 135 Å². The zero-order valence-electron chi connectivity index (χ0n) is 18.4. The normalized spacial score (nSPS) is 11.3. The highest BCUT2D eigenvalue weighted by atomic mass is 16.2. The van der Waals surface area contributed by atoms with Crippen LogP contribution in [0, 0.1) is 0 Å². The molecule has 2 nitrogen and oxygen atoms in total. The zero-order valence-corrected chi connectivity index (χ0v) is 18.4. The van der Waals surface area contributed by atoms with Crippen LogP contribution in [0.25, 0.3) is 0 Å². The van der Waals surface area contributed by atoms with E-state index in [9.17, 15) is 4.79 Å². The molecule has 1 amide bonds. The quantitative estimate of drug-likeness (QED) is 0.339. The van der Waals surface area contributed by atoms with Gasteiger partial charge in [0.05, 0.1) is 11.5 Å². The molecule has 4 aromatic carbocycles. The Hall–Kier alpha value is -3.65. The second-order valence-corrected chi connectivity index (χ2v) is 8.12. The Labute approximate surface area is 191 Å². The smallest absolute Gasteiger partial charge is 0.235 e. The Bertz CT molecular complexity index is 1030. The summed E-state index contributed by atoms with van der Waals surface area (Å²) in [4.78, 5) is 14.3. The molecule has 0 aliphatic heterocycles. The minimum absolute atomic E-state index is 0.0226. The molecule has 0 atom stereocenters. The van der Waals surface area contributed by atoms with E-state index in [1.165, 1.54) is 0 Å². The average molecular weight is 420 g/mol. The van der Waals surface area contributed by atoms with Crippen molar-refractivity contribution in [3.05, 3.63) is 144 Å². The van der Waals surface area contributed by atoms with Crippen LogP contribution >= 0.6 is 0 Å². The molecule has 0 aliphatic carbocycles. The number of amides is 1. The van der Waals surface area contributed by atoms with Gasteiger partial charge in [0.2, 0.25) is 5.91 Å². The van der Waals surface area contributed by atoms with Crippen LogP contribution in [0.5, 0.6) is 0 Å². The van der Waals surface area contributed by atoms with Gasteiger partial charge in [0, 0.05) is 0 Å². The molecule has 0 saturated carbocycles. The van der Waals surface area contributed by atoms with Crippen molar-refractivity contribution >= 4 is 5.91 Å². The third-order valence-corrected chi connectivity index (χ3v) is 6.09. The van der Waals surface area contributed by atoms with E-state index >= 15 is 0 Å². The number of nitrogens with one attached hydrogen (secondary N) is 1. The van der Waals surface area contributed by atoms with Crippen LogP contribution in [0.15, 0.2) is 121 Å². The van der Waals surface area contributed by atoms with Crippen molar-refractivity contribution in [2.75, 3.05) is 0 Å². The number of carbonyl (C=O) groups excluding carboxylic acids is 1. The van der Waals surface area contributed by atoms with Crippen LogP contribution < -0.4 is 5.32 Å². The van der Waals surface area contributed by atoms with Gasteiger partial charge in [-0.2, -0.15) is 0 Å². The third kappa shape index (κ3) is 4.36. The van der Waals surface area contributed by atoms with Crippen molar-refractivity contribution in [2.24, 2.45) is 0 Å². The Morgan fingerprint density at radius 3 is 1.41 bits per heavy atom. The molecule has 0 spiro atoms. The fourth-order valence-corrected chi connectivity index (χ4v) is 4.56. The summed E-state index contributed by atoms with van der Waals surface area (Å²) in [5.41, 5.74) is 3.41. The average Bonchev–Trinajstić information content (AvgIpc) is 2.88. The van der Waals surface area contributed by atoms with Gasteiger partial charge in [0.1, 0.15) is 0 Å². The summed E-state index contributed by atoms with van der Waals surface area (Å²) in [5.74, 6) is 0.0226. The predicted octanol–water partition coefficient (Wildman–Crippen LogP) is 6.68. The van der Waals surface area contributed by atoms with Crippen molar-refractivity contribution < 1.29 is 4.79 Å². The molecule has 0 radical (unpaired) electrons. The molecule has 2 heteroatoms. The maximum atomic E-state index is 14.3. The van der Waals surface area contributed by atoms with Gasteiger partial charge >= 0.3 is 0 Å². The molecule has 0 saturated heterocycles. The van der Waals surface area contributed by atoms with Crippen LogP contribution in [0.2, 0.25) is 0 Å². The highest BCUT2D eigenvalue weighted by Gasteiger charge is 2.42. The van der Waals surface area contributed by atoms with Gasteiger partial charge in [0.25, 0.3) is 0 Å². The van der Waals surface area contributed by atoms with E-state index in [1.807, 2.05) is 72.8 Å². The van der Waals surface area contributed by atoms with E-state index in [-0.39, 0.29) is 11.9 Å². The number of benzene rings is 4. The lowest BCUT2D eigenvalue weighted by Crippen LogP contribution is -2.46. The van der Waals surface area contributed by atoms with Crippen molar-refractivity contribution in [1.82, 2.24) is 5.32 Å². The van der Waals surface area contributed by atoms with Gasteiger partial charge in [-0.25, -0.2) is 0 Å². The first-order valence-corrected chi connectivity index (χ1v) is 11.3. The molecule has 1 N–H and O–H groups in total. The van der Waals surface area contributed by atoms with E-state index in [2.05, 4.69) is 60.8 Å². The molecule has 0 bridgehead atoms. The third-order valence-electron chi connectivity index (χ3n) is 6.09. The summed E-state index contributed by atoms with van der Waals surface area (Å²) >= 11 is 0. The molecule has 0 unspecified atom stereocenters. The summed E-state index contributed by atoms with van der Waals surface area (Å²) in [6, 6.07) is 40.5. The van der Waals surface area contributed by atoms with E-state index in [4.69, 9.17) is 0 Å². The van der Waals surface area contributed by atoms with Gasteiger partial charge in [-0.15, -0.1) is 0 Å². The maximum Gasteiger partial charge on any atom is 0.235 e. The second kappa shape index (κ2) is 10.1. The van der Waals surface area contributed by atoms with Crippen LogP contribution in [-0.4, -0.2) is 5.91 Å². The number of hydrogen-bond donors (Lipinski definition) is 1. The number of hydrogen-bond acceptors (Lipinski definition) is 1. The lowest BCUT2D eigenvalue weighted by Gasteiger charge is -2.35. The van der Waals surface area contributed by atoms with Gasteiger partial charge in [-0.05, 0) is 28.7 Å². The largest absolute Gasteiger partial charge is 0.344 e. The maximum absolute atomic E-state index is 14.3. The molecule has 32 heavy (non-hydrogen) atoms. The zero-order chi connectivity index (χ0) is 22.2. The lowest BCUT2D eigenvalue weighted by atomic mass is 9.70. The van der Waals surface area contributed by atoms with Crippen LogP contribution in [-0.2, 0) is 10.2 Å². The molecule has 4 rings (SSSR count). The summed E-state index contributed by atoms with van der Waals surface area (Å²) in [6.07, 6.45) is 1.61. The molecular weight excluding hydrogens is 390 g/mol. The number of carbonyl (C=O) groups is 1. The fraction of sp³-hybridized carbons (Fsp3) is 0.167. The molecule has 4 aromatic rings. The molecule has 160 valence electrons. The topological polar surface area (TPSA) is 29.1 Å². The van der Waals surface area contributed by atoms with E-state index < -0.39 is 5.41 Å². The van der Waals surface area contributed by atoms with Crippen molar-refractivity contribution in [3.8, 4) is 0 Å². The Balaban J connectivity index is 1.83. The summed E-state index contributed by atoms with van der Waals surface area (Å²) in [5, 5.41) is 3.43. The monoisotopic (exact) mass is 419 g/mol. The first-order valence-electron chi connectivity index (χ1n) is 11.3. The molecule has 0 aliphatic rings. The van der Waals surface area contributed by atoms with Gasteiger partial charge in [-0.3, -0.25) is 4.79 Å². The lowest BCUT2D eigenvalue weighted by molar-refractivity contribution is -0.126. The molecule has 0 fully saturated rings. The molecule has 0 heterocycles. The van der Waals surface area contributed by atoms with Gasteiger partial charge < -0.3 is 5.32 Å². The highest BCUT2D eigenvalue weighted by molar-refractivity contribution is 5.92. The number of rotatable bonds is 8. The van der Waals surface area contributed by atoms with E-state index in [0.29, 0.717) is 0 Å². The van der Waals surface area contributed by atoms with E-state index in [1.54, 1.807) is 0 Å². The Morgan fingerprint density at radius 2 is 1.03 bits per heavy atom. The summed E-state index contributed by atoms with van der Waals surface area (Å²) in [7, 11) is 0. The Morgan fingerprint density at radius 1 is 0.656 bits per heavy atom. The summed E-state index contributed by atoms with van der Waals surface area (Å²) < 4.78 is 0. The van der Waals surface area contributed by atoms with Crippen molar-refractivity contribution in [2.45, 2.75) is 31.2 Å². The first kappa shape index (κ1) is 21.6. The summed E-state index contributed by atoms with van der Waals surface area (Å²) in [6.45, 7) is 2.14. The van der Waals surface area contributed by atoms with Crippen molar-refractivity contribution in [3.63, 3.8) is 0 Å². The van der Waals surface area contributed by atoms with Crippen LogP contribution in [0.1, 0.15) is 48.1 Å². The van der Waals surface area contributed by atoms with Gasteiger partial charge in [0.15, 0.2) is 0 Å². The van der Waals surface area contributed by atoms with Crippen LogP contribution in [0.3, 0.4) is 0 Å². The SMILES string of the molecule is CCCC(C(=O)NC(c1ccccc1)c1ccccc1)(c1ccccc1)c1ccccc1. The minimum atomic E-state index is -0.765. The Kier molecular flexibility index (Phi) is 6.81. The predicted molar refractivity (Wildman–Crippen MR) is 131 cm³/mol. The van der Waals surface area contributed by atoms with E-state index in [0.717, 1.165) is 35.1 Å². The molecule has 0 aromatic heterocycles. The molecular formula is C30H29NO. The second-order valence-electron chi connectivity index (χ2n) is 8.12.